The van der Waals surface area contributed by atoms with Gasteiger partial charge in [0.2, 0.25) is 0 Å². The average molecular weight is 198 g/mol. The Labute approximate surface area is 85.3 Å². The summed E-state index contributed by atoms with van der Waals surface area (Å²) in [7, 11) is 9.08. The molecule has 0 amide bonds. The van der Waals surface area contributed by atoms with Crippen LogP contribution in [0.15, 0.2) is 0 Å². The van der Waals surface area contributed by atoms with Crippen molar-refractivity contribution < 1.29 is 18.9 Å². The van der Waals surface area contributed by atoms with Crippen molar-refractivity contribution in [2.75, 3.05) is 20.8 Å². The van der Waals surface area contributed by atoms with E-state index < -0.39 is 0 Å². The van der Waals surface area contributed by atoms with E-state index >= 15 is 0 Å². The van der Waals surface area contributed by atoms with Crippen molar-refractivity contribution >= 4 is 7.85 Å². The van der Waals surface area contributed by atoms with E-state index in [1.807, 2.05) is 0 Å². The van der Waals surface area contributed by atoms with Crippen LogP contribution in [0.5, 0.6) is 0 Å². The zero-order chi connectivity index (χ0) is 10.2. The normalized spacial score (nSPS) is 46.9. The van der Waals surface area contributed by atoms with E-state index in [9.17, 15) is 0 Å². The van der Waals surface area contributed by atoms with E-state index in [1.54, 1.807) is 14.2 Å². The maximum absolute atomic E-state index is 5.79. The third kappa shape index (κ3) is 1.69. The fourth-order valence-corrected chi connectivity index (χ4v) is 2.25. The molecule has 0 aromatic heterocycles. The average Bonchev–Trinajstić information content (AvgIpc) is 2.38. The van der Waals surface area contributed by atoms with E-state index in [0.29, 0.717) is 13.0 Å². The number of ether oxygens (including phenoxy) is 4. The minimum Gasteiger partial charge on any atom is -0.382 e. The molecule has 4 nitrogen and oxygen atoms in total. The molecule has 2 rings (SSSR count). The van der Waals surface area contributed by atoms with E-state index in [1.165, 1.54) is 0 Å². The lowest BCUT2D eigenvalue weighted by Gasteiger charge is -2.34. The maximum Gasteiger partial charge on any atom is 0.160 e. The molecular weight excluding hydrogens is 183 g/mol. The molecular formula is C9H15BO4. The smallest absolute Gasteiger partial charge is 0.160 e. The molecule has 0 aliphatic carbocycles. The van der Waals surface area contributed by atoms with Crippen molar-refractivity contribution in [3.05, 3.63) is 0 Å². The lowest BCUT2D eigenvalue weighted by Crippen LogP contribution is -2.43. The van der Waals surface area contributed by atoms with Crippen LogP contribution in [0.3, 0.4) is 0 Å². The molecule has 2 radical (unpaired) electrons. The molecule has 5 heteroatoms. The van der Waals surface area contributed by atoms with Gasteiger partial charge in [0.25, 0.3) is 0 Å². The lowest BCUT2D eigenvalue weighted by atomic mass is 9.88. The molecule has 4 atom stereocenters. The van der Waals surface area contributed by atoms with Crippen molar-refractivity contribution in [3.8, 4) is 0 Å². The summed E-state index contributed by atoms with van der Waals surface area (Å²) in [4.78, 5) is 0. The minimum atomic E-state index is -0.356. The predicted molar refractivity (Wildman–Crippen MR) is 50.1 cm³/mol. The summed E-state index contributed by atoms with van der Waals surface area (Å²) in [5.74, 6) is 0. The first-order valence-electron chi connectivity index (χ1n) is 4.80. The number of fused-ring (bicyclic) bond motifs is 2. The van der Waals surface area contributed by atoms with Crippen molar-refractivity contribution in [2.45, 2.75) is 36.8 Å². The Hall–Kier alpha value is -0.0951. The van der Waals surface area contributed by atoms with Crippen molar-refractivity contribution in [3.63, 3.8) is 0 Å². The summed E-state index contributed by atoms with van der Waals surface area (Å²) in [6.45, 7) is 0.542. The van der Waals surface area contributed by atoms with Crippen LogP contribution in [0.1, 0.15) is 12.8 Å². The van der Waals surface area contributed by atoms with Gasteiger partial charge in [-0.3, -0.25) is 0 Å². The summed E-state index contributed by atoms with van der Waals surface area (Å²) < 4.78 is 21.6. The summed E-state index contributed by atoms with van der Waals surface area (Å²) >= 11 is 0. The Bertz CT molecular complexity index is 209. The second-order valence-electron chi connectivity index (χ2n) is 3.95. The summed E-state index contributed by atoms with van der Waals surface area (Å²) in [5.41, 5.74) is -0.308. The van der Waals surface area contributed by atoms with Crippen LogP contribution < -0.4 is 0 Å². The number of hydrogen-bond acceptors (Lipinski definition) is 4. The fourth-order valence-electron chi connectivity index (χ4n) is 2.25. The highest BCUT2D eigenvalue weighted by Crippen LogP contribution is 2.41. The monoisotopic (exact) mass is 198 g/mol. The SMILES string of the molecule is [B][C@H]1O[C@]2(COC)C[C@@H](OC)O[C@H]1C2. The van der Waals surface area contributed by atoms with Crippen LogP contribution in [0.2, 0.25) is 0 Å². The van der Waals surface area contributed by atoms with Crippen LogP contribution in [0.25, 0.3) is 0 Å². The number of methoxy groups -OCH3 is 2. The van der Waals surface area contributed by atoms with Gasteiger partial charge in [0.05, 0.1) is 18.3 Å². The minimum absolute atomic E-state index is 0.0659. The van der Waals surface area contributed by atoms with Gasteiger partial charge in [-0.25, -0.2) is 0 Å². The molecule has 0 spiro atoms. The second kappa shape index (κ2) is 3.81. The Morgan fingerprint density at radius 2 is 2.21 bits per heavy atom. The van der Waals surface area contributed by atoms with Gasteiger partial charge in [-0.05, 0) is 0 Å². The first kappa shape index (κ1) is 10.4. The van der Waals surface area contributed by atoms with Gasteiger partial charge in [-0.15, -0.1) is 0 Å². The Kier molecular flexibility index (Phi) is 2.84. The molecule has 0 aromatic rings. The van der Waals surface area contributed by atoms with Gasteiger partial charge in [0.15, 0.2) is 6.29 Å². The molecule has 2 bridgehead atoms. The molecule has 0 N–H and O–H groups in total. The highest BCUT2D eigenvalue weighted by Gasteiger charge is 2.51. The van der Waals surface area contributed by atoms with Gasteiger partial charge in [-0.2, -0.15) is 0 Å². The zero-order valence-electron chi connectivity index (χ0n) is 8.56. The lowest BCUT2D eigenvalue weighted by molar-refractivity contribution is -0.193. The fraction of sp³-hybridized carbons (Fsp3) is 1.00. The molecule has 2 aliphatic rings. The predicted octanol–water partition coefficient (Wildman–Crippen LogP) is 0.0479. The van der Waals surface area contributed by atoms with E-state index in [2.05, 4.69) is 0 Å². The third-order valence-electron chi connectivity index (χ3n) is 2.86. The first-order chi connectivity index (χ1) is 6.69. The Morgan fingerprint density at radius 3 is 2.86 bits per heavy atom. The molecule has 2 saturated heterocycles. The van der Waals surface area contributed by atoms with E-state index in [4.69, 9.17) is 26.8 Å². The molecule has 14 heavy (non-hydrogen) atoms. The maximum atomic E-state index is 5.79. The van der Waals surface area contributed by atoms with E-state index in [0.717, 1.165) is 6.42 Å². The molecule has 78 valence electrons. The summed E-state index contributed by atoms with van der Waals surface area (Å²) in [6, 6.07) is -0.356. The molecule has 2 aliphatic heterocycles. The van der Waals surface area contributed by atoms with Crippen LogP contribution in [0.4, 0.5) is 0 Å². The van der Waals surface area contributed by atoms with Crippen LogP contribution >= 0.6 is 0 Å². The Morgan fingerprint density at radius 1 is 1.43 bits per heavy atom. The molecule has 2 fully saturated rings. The van der Waals surface area contributed by atoms with Crippen LogP contribution in [-0.2, 0) is 18.9 Å². The van der Waals surface area contributed by atoms with Crippen molar-refractivity contribution in [1.82, 2.24) is 0 Å². The van der Waals surface area contributed by atoms with Gasteiger partial charge in [0, 0.05) is 33.1 Å². The highest BCUT2D eigenvalue weighted by atomic mass is 16.7. The first-order valence-corrected chi connectivity index (χ1v) is 4.80. The third-order valence-corrected chi connectivity index (χ3v) is 2.86. The summed E-state index contributed by atoms with van der Waals surface area (Å²) in [6.07, 6.45) is 1.19. The molecule has 0 saturated carbocycles. The van der Waals surface area contributed by atoms with Crippen molar-refractivity contribution in [1.29, 1.82) is 0 Å². The van der Waals surface area contributed by atoms with Gasteiger partial charge in [-0.1, -0.05) is 0 Å². The molecule has 0 aromatic carbocycles. The second-order valence-corrected chi connectivity index (χ2v) is 3.95. The van der Waals surface area contributed by atoms with Crippen LogP contribution in [-0.4, -0.2) is 52.7 Å². The quantitative estimate of drug-likeness (QED) is 0.600. The largest absolute Gasteiger partial charge is 0.382 e. The Balaban J connectivity index is 2.09. The molecule has 0 unspecified atom stereocenters. The zero-order valence-corrected chi connectivity index (χ0v) is 8.56. The molecule has 2 heterocycles. The highest BCUT2D eigenvalue weighted by molar-refractivity contribution is 6.11. The number of hydrogen-bond donors (Lipinski definition) is 0. The van der Waals surface area contributed by atoms with E-state index in [-0.39, 0.29) is 24.0 Å². The summed E-state index contributed by atoms with van der Waals surface area (Å²) in [5, 5.41) is 0. The topological polar surface area (TPSA) is 36.9 Å². The van der Waals surface area contributed by atoms with Crippen LogP contribution in [0, 0.1) is 0 Å². The number of rotatable bonds is 3. The van der Waals surface area contributed by atoms with Gasteiger partial charge < -0.3 is 18.9 Å². The van der Waals surface area contributed by atoms with Crippen molar-refractivity contribution in [2.24, 2.45) is 0 Å². The standard InChI is InChI=1S/C9H15BO4/c1-11-5-9-3-6(8(10)14-9)13-7(4-9)12-2/h6-8H,3-5H2,1-2H3/t6-,7-,8-,9-/m0/s1. The van der Waals surface area contributed by atoms with Gasteiger partial charge >= 0.3 is 0 Å². The van der Waals surface area contributed by atoms with Gasteiger partial charge in [0.1, 0.15) is 7.85 Å².